The normalized spacial score (nSPS) is 48.8. The molecule has 5 nitrogen and oxygen atoms in total. The largest absolute Gasteiger partial charge is 0.469 e. The van der Waals surface area contributed by atoms with E-state index in [4.69, 9.17) is 5.73 Å². The van der Waals surface area contributed by atoms with E-state index in [0.29, 0.717) is 11.8 Å². The smallest absolute Gasteiger partial charge is 0.426 e. The molecule has 5 aliphatic rings. The summed E-state index contributed by atoms with van der Waals surface area (Å²) < 4.78 is 0. The number of hydrogen-bond donors (Lipinski definition) is 4. The van der Waals surface area contributed by atoms with Crippen molar-refractivity contribution in [2.24, 2.45) is 23.0 Å². The van der Waals surface area contributed by atoms with Crippen molar-refractivity contribution in [1.82, 2.24) is 4.90 Å². The van der Waals surface area contributed by atoms with Crippen LogP contribution in [0.25, 0.3) is 0 Å². The van der Waals surface area contributed by atoms with Crippen molar-refractivity contribution in [1.29, 1.82) is 0 Å². The number of rotatable bonds is 4. The van der Waals surface area contributed by atoms with E-state index in [-0.39, 0.29) is 17.4 Å². The van der Waals surface area contributed by atoms with E-state index < -0.39 is 12.7 Å². The molecule has 5 N–H and O–H groups in total. The molecule has 2 unspecified atom stereocenters. The van der Waals surface area contributed by atoms with Crippen LogP contribution in [0.3, 0.4) is 0 Å². The van der Waals surface area contributed by atoms with E-state index in [1.54, 1.807) is 0 Å². The zero-order valence-corrected chi connectivity index (χ0v) is 13.3. The quantitative estimate of drug-likeness (QED) is 0.554. The molecule has 6 heteroatoms. The van der Waals surface area contributed by atoms with Crippen LogP contribution in [0.2, 0.25) is 0 Å². The summed E-state index contributed by atoms with van der Waals surface area (Å²) in [7, 11) is -1.27. The summed E-state index contributed by atoms with van der Waals surface area (Å²) in [6.07, 6.45) is 8.25. The van der Waals surface area contributed by atoms with Crippen LogP contribution in [0.5, 0.6) is 0 Å². The predicted molar refractivity (Wildman–Crippen MR) is 84.8 cm³/mol. The summed E-state index contributed by atoms with van der Waals surface area (Å²) in [5, 5.41) is 30.0. The number of nitrogens with two attached hydrogens (primary N) is 1. The molecule has 4 bridgehead atoms. The second kappa shape index (κ2) is 5.18. The zero-order chi connectivity index (χ0) is 15.5. The molecule has 1 saturated heterocycles. The lowest BCUT2D eigenvalue weighted by molar-refractivity contribution is -0.171. The van der Waals surface area contributed by atoms with E-state index in [9.17, 15) is 15.2 Å². The predicted octanol–water partition coefficient (Wildman–Crippen LogP) is 0.121. The molecule has 0 aromatic rings. The second-order valence-corrected chi connectivity index (χ2v) is 8.77. The molecule has 4 saturated carbocycles. The van der Waals surface area contributed by atoms with Gasteiger partial charge in [-0.2, -0.15) is 0 Å². The minimum Gasteiger partial charge on any atom is -0.426 e. The van der Waals surface area contributed by atoms with Gasteiger partial charge in [0, 0.05) is 18.5 Å². The molecule has 0 aromatic heterocycles. The van der Waals surface area contributed by atoms with Gasteiger partial charge in [0.05, 0.1) is 5.60 Å². The van der Waals surface area contributed by atoms with E-state index in [1.807, 2.05) is 0 Å². The van der Waals surface area contributed by atoms with Crippen molar-refractivity contribution in [3.05, 3.63) is 0 Å². The molecule has 124 valence electrons. The van der Waals surface area contributed by atoms with Gasteiger partial charge in [-0.05, 0) is 75.2 Å². The first-order valence-corrected chi connectivity index (χ1v) is 8.97. The fourth-order valence-electron chi connectivity index (χ4n) is 6.58. The summed E-state index contributed by atoms with van der Waals surface area (Å²) in [5.74, 6) is 1.13. The maximum Gasteiger partial charge on any atom is 0.469 e. The SMILES string of the molecule is N[C@H](CN1CCC[C@H]1B(O)O)C12CC3CC(CC(O)(C3)C1)C2. The Morgan fingerprint density at radius 1 is 1.18 bits per heavy atom. The van der Waals surface area contributed by atoms with Crippen molar-refractivity contribution in [2.75, 3.05) is 13.1 Å². The zero-order valence-electron chi connectivity index (χ0n) is 13.3. The van der Waals surface area contributed by atoms with Crippen LogP contribution in [0, 0.1) is 17.3 Å². The Bertz CT molecular complexity index is 433. The second-order valence-electron chi connectivity index (χ2n) is 8.77. The first-order valence-electron chi connectivity index (χ1n) is 8.97. The highest BCUT2D eigenvalue weighted by Crippen LogP contribution is 2.62. The van der Waals surface area contributed by atoms with Crippen molar-refractivity contribution in [3.8, 4) is 0 Å². The summed E-state index contributed by atoms with van der Waals surface area (Å²) in [4.78, 5) is 2.16. The van der Waals surface area contributed by atoms with Crippen LogP contribution in [0.15, 0.2) is 0 Å². The third kappa shape index (κ3) is 2.44. The molecule has 5 rings (SSSR count). The van der Waals surface area contributed by atoms with Gasteiger partial charge in [0.25, 0.3) is 0 Å². The van der Waals surface area contributed by atoms with E-state index in [0.717, 1.165) is 58.0 Å². The molecule has 22 heavy (non-hydrogen) atoms. The van der Waals surface area contributed by atoms with Gasteiger partial charge in [0.1, 0.15) is 0 Å². The number of hydrogen-bond acceptors (Lipinski definition) is 5. The number of likely N-dealkylation sites (tertiary alicyclic amines) is 1. The van der Waals surface area contributed by atoms with Gasteiger partial charge in [0.15, 0.2) is 0 Å². The molecular weight excluding hydrogens is 279 g/mol. The third-order valence-electron chi connectivity index (χ3n) is 7.05. The lowest BCUT2D eigenvalue weighted by atomic mass is 9.46. The molecule has 0 spiro atoms. The van der Waals surface area contributed by atoms with Gasteiger partial charge >= 0.3 is 7.12 Å². The van der Waals surface area contributed by atoms with Gasteiger partial charge in [-0.15, -0.1) is 0 Å². The fourth-order valence-corrected chi connectivity index (χ4v) is 6.58. The Hall–Kier alpha value is -0.135. The van der Waals surface area contributed by atoms with E-state index in [2.05, 4.69) is 4.90 Å². The van der Waals surface area contributed by atoms with Gasteiger partial charge in [-0.25, -0.2) is 0 Å². The summed E-state index contributed by atoms with van der Waals surface area (Å²) in [6, 6.07) is 0.0317. The van der Waals surface area contributed by atoms with E-state index in [1.165, 1.54) is 6.42 Å². The summed E-state index contributed by atoms with van der Waals surface area (Å²) >= 11 is 0. The third-order valence-corrected chi connectivity index (χ3v) is 7.05. The Morgan fingerprint density at radius 2 is 1.86 bits per heavy atom. The molecule has 5 fully saturated rings. The van der Waals surface area contributed by atoms with Crippen LogP contribution in [-0.4, -0.2) is 57.8 Å². The Morgan fingerprint density at radius 3 is 2.45 bits per heavy atom. The molecule has 4 atom stereocenters. The van der Waals surface area contributed by atoms with Gasteiger partial charge in [-0.1, -0.05) is 0 Å². The first kappa shape index (κ1) is 15.4. The molecule has 1 aliphatic heterocycles. The highest BCUT2D eigenvalue weighted by Gasteiger charge is 2.59. The van der Waals surface area contributed by atoms with Crippen LogP contribution < -0.4 is 5.73 Å². The monoisotopic (exact) mass is 308 g/mol. The first-order chi connectivity index (χ1) is 10.4. The van der Waals surface area contributed by atoms with E-state index >= 15 is 0 Å². The van der Waals surface area contributed by atoms with Crippen molar-refractivity contribution in [3.63, 3.8) is 0 Å². The molecule has 0 amide bonds. The summed E-state index contributed by atoms with van der Waals surface area (Å²) in [5.41, 5.74) is 6.26. The lowest BCUT2D eigenvalue weighted by Gasteiger charge is -2.62. The van der Waals surface area contributed by atoms with Gasteiger partial charge in [0.2, 0.25) is 0 Å². The molecular formula is C16H29BN2O3. The van der Waals surface area contributed by atoms with Crippen molar-refractivity contribution in [2.45, 2.75) is 69.0 Å². The maximum atomic E-state index is 10.9. The van der Waals surface area contributed by atoms with Crippen molar-refractivity contribution < 1.29 is 15.2 Å². The Labute approximate surface area is 133 Å². The van der Waals surface area contributed by atoms with Crippen molar-refractivity contribution >= 4 is 7.12 Å². The minimum atomic E-state index is -1.27. The maximum absolute atomic E-state index is 10.9. The minimum absolute atomic E-state index is 0.0317. The average molecular weight is 308 g/mol. The molecule has 1 heterocycles. The van der Waals surface area contributed by atoms with Crippen LogP contribution in [0.4, 0.5) is 0 Å². The number of nitrogens with zero attached hydrogens (tertiary/aromatic N) is 1. The molecule has 4 aliphatic carbocycles. The standard InChI is InChI=1S/C16H29BN2O3/c18-13(9-19-3-1-2-14(19)17(21)22)15-5-11-4-12(6-15)8-16(20,7-11)10-15/h11-14,20-22H,1-10,18H2/t11?,12?,13-,14+,15?,16?/m1/s1. The van der Waals surface area contributed by atoms with Crippen LogP contribution in [0.1, 0.15) is 51.4 Å². The van der Waals surface area contributed by atoms with Gasteiger partial charge in [-0.3, -0.25) is 0 Å². The highest BCUT2D eigenvalue weighted by atomic mass is 16.4. The molecule has 0 radical (unpaired) electrons. The Kier molecular flexibility index (Phi) is 3.63. The lowest BCUT2D eigenvalue weighted by Crippen LogP contribution is -2.63. The number of aliphatic hydroxyl groups is 1. The van der Waals surface area contributed by atoms with Gasteiger partial charge < -0.3 is 25.8 Å². The van der Waals surface area contributed by atoms with Crippen LogP contribution in [-0.2, 0) is 0 Å². The van der Waals surface area contributed by atoms with Crippen LogP contribution >= 0.6 is 0 Å². The average Bonchev–Trinajstić information content (AvgIpc) is 2.84. The topological polar surface area (TPSA) is 90.0 Å². The molecule has 0 aromatic carbocycles. The summed E-state index contributed by atoms with van der Waals surface area (Å²) in [6.45, 7) is 1.64. The fraction of sp³-hybridized carbons (Fsp3) is 1.00. The Balaban J connectivity index is 1.49. The highest BCUT2D eigenvalue weighted by molar-refractivity contribution is 6.43.